The van der Waals surface area contributed by atoms with Crippen LogP contribution in [0.3, 0.4) is 0 Å². The lowest BCUT2D eigenvalue weighted by Crippen LogP contribution is -2.39. The van der Waals surface area contributed by atoms with E-state index >= 15 is 0 Å². The zero-order chi connectivity index (χ0) is 16.6. The summed E-state index contributed by atoms with van der Waals surface area (Å²) in [5.41, 5.74) is 2.78. The Morgan fingerprint density at radius 3 is 2.57 bits per heavy atom. The van der Waals surface area contributed by atoms with Crippen molar-refractivity contribution >= 4 is 22.6 Å². The Morgan fingerprint density at radius 1 is 1.30 bits per heavy atom. The van der Waals surface area contributed by atoms with Crippen LogP contribution in [0.1, 0.15) is 52.4 Å². The molecule has 1 N–H and O–H groups in total. The number of halogens is 2. The first-order chi connectivity index (χ1) is 11.0. The van der Waals surface area contributed by atoms with Crippen molar-refractivity contribution in [3.05, 3.63) is 23.3 Å². The van der Waals surface area contributed by atoms with Gasteiger partial charge in [-0.2, -0.15) is 0 Å². The third kappa shape index (κ3) is 4.02. The second kappa shape index (κ2) is 7.55. The van der Waals surface area contributed by atoms with Crippen molar-refractivity contribution in [2.45, 2.75) is 62.5 Å². The number of allylic oxidation sites excluding steroid dienone is 3. The predicted octanol–water partition coefficient (Wildman–Crippen LogP) is 5.48. The molecule has 1 nitrogen and oxygen atoms in total. The second-order valence-corrected chi connectivity index (χ2v) is 9.61. The lowest BCUT2D eigenvalue weighted by Gasteiger charge is -2.43. The van der Waals surface area contributed by atoms with Gasteiger partial charge in [-0.1, -0.05) is 54.2 Å². The SMILES string of the molecule is CC(C)C[C@@H]1C(CO)=C[C@H](C2CC2)C(C2=CC[C@H](F)CC2)[C@@H]1I. The highest BCUT2D eigenvalue weighted by Gasteiger charge is 2.46. The molecular formula is C20H30FIO. The first-order valence-electron chi connectivity index (χ1n) is 9.29. The summed E-state index contributed by atoms with van der Waals surface area (Å²) in [4.78, 5) is 0. The lowest BCUT2D eigenvalue weighted by atomic mass is 9.67. The third-order valence-electron chi connectivity index (χ3n) is 5.91. The van der Waals surface area contributed by atoms with Crippen molar-refractivity contribution in [2.24, 2.45) is 29.6 Å². The molecule has 1 saturated carbocycles. The summed E-state index contributed by atoms with van der Waals surface area (Å²) in [6, 6.07) is 0. The minimum absolute atomic E-state index is 0.207. The smallest absolute Gasteiger partial charge is 0.104 e. The van der Waals surface area contributed by atoms with Crippen molar-refractivity contribution < 1.29 is 9.50 Å². The fraction of sp³-hybridized carbons (Fsp3) is 0.800. The van der Waals surface area contributed by atoms with E-state index in [0.29, 0.717) is 40.4 Å². The van der Waals surface area contributed by atoms with Gasteiger partial charge in [-0.05, 0) is 73.7 Å². The average molecular weight is 432 g/mol. The van der Waals surface area contributed by atoms with E-state index in [1.807, 2.05) is 0 Å². The van der Waals surface area contributed by atoms with Gasteiger partial charge in [-0.25, -0.2) is 4.39 Å². The van der Waals surface area contributed by atoms with E-state index < -0.39 is 6.17 Å². The number of aliphatic hydroxyl groups is 1. The first kappa shape index (κ1) is 17.9. The minimum Gasteiger partial charge on any atom is -0.392 e. The Bertz CT molecular complexity index is 480. The van der Waals surface area contributed by atoms with Crippen molar-refractivity contribution in [3.63, 3.8) is 0 Å². The Balaban J connectivity index is 1.90. The highest BCUT2D eigenvalue weighted by Crippen LogP contribution is 2.53. The van der Waals surface area contributed by atoms with Crippen LogP contribution in [0.4, 0.5) is 4.39 Å². The Hall–Kier alpha value is 0.1000. The molecule has 0 spiro atoms. The van der Waals surface area contributed by atoms with Gasteiger partial charge in [0.25, 0.3) is 0 Å². The maximum absolute atomic E-state index is 13.6. The molecule has 5 atom stereocenters. The summed E-state index contributed by atoms with van der Waals surface area (Å²) in [6.45, 7) is 4.75. The largest absolute Gasteiger partial charge is 0.392 e. The highest BCUT2D eigenvalue weighted by molar-refractivity contribution is 14.1. The summed E-state index contributed by atoms with van der Waals surface area (Å²) in [7, 11) is 0. The van der Waals surface area contributed by atoms with Crippen molar-refractivity contribution in [1.82, 2.24) is 0 Å². The van der Waals surface area contributed by atoms with E-state index in [9.17, 15) is 9.50 Å². The van der Waals surface area contributed by atoms with Gasteiger partial charge in [-0.3, -0.25) is 0 Å². The van der Waals surface area contributed by atoms with Crippen LogP contribution >= 0.6 is 22.6 Å². The van der Waals surface area contributed by atoms with Crippen LogP contribution in [-0.4, -0.2) is 21.8 Å². The fourth-order valence-corrected chi connectivity index (χ4v) is 6.28. The van der Waals surface area contributed by atoms with E-state index in [1.165, 1.54) is 24.0 Å². The van der Waals surface area contributed by atoms with Crippen LogP contribution in [-0.2, 0) is 0 Å². The summed E-state index contributed by atoms with van der Waals surface area (Å²) in [6.07, 6.45) is 10.0. The molecular weight excluding hydrogens is 402 g/mol. The van der Waals surface area contributed by atoms with Gasteiger partial charge in [-0.15, -0.1) is 0 Å². The molecule has 0 amide bonds. The van der Waals surface area contributed by atoms with Crippen LogP contribution in [0.2, 0.25) is 0 Å². The molecule has 23 heavy (non-hydrogen) atoms. The van der Waals surface area contributed by atoms with E-state index in [2.05, 4.69) is 48.6 Å². The molecule has 3 rings (SSSR count). The quantitative estimate of drug-likeness (QED) is 0.347. The molecule has 0 saturated heterocycles. The van der Waals surface area contributed by atoms with E-state index in [4.69, 9.17) is 0 Å². The molecule has 1 fully saturated rings. The van der Waals surface area contributed by atoms with Gasteiger partial charge in [0.05, 0.1) is 6.61 Å². The monoisotopic (exact) mass is 432 g/mol. The third-order valence-corrected chi connectivity index (χ3v) is 7.55. The van der Waals surface area contributed by atoms with E-state index in [-0.39, 0.29) is 6.61 Å². The van der Waals surface area contributed by atoms with Gasteiger partial charge < -0.3 is 5.11 Å². The minimum atomic E-state index is -0.635. The maximum atomic E-state index is 13.6. The average Bonchev–Trinajstić information content (AvgIpc) is 3.34. The molecule has 0 aliphatic heterocycles. The molecule has 0 bridgehead atoms. The van der Waals surface area contributed by atoms with Crippen molar-refractivity contribution in [3.8, 4) is 0 Å². The molecule has 3 aliphatic carbocycles. The lowest BCUT2D eigenvalue weighted by molar-refractivity contribution is 0.245. The van der Waals surface area contributed by atoms with Crippen LogP contribution in [0.15, 0.2) is 23.3 Å². The summed E-state index contributed by atoms with van der Waals surface area (Å²) in [5.74, 6) is 3.05. The topological polar surface area (TPSA) is 20.2 Å². The number of hydrogen-bond acceptors (Lipinski definition) is 1. The van der Waals surface area contributed by atoms with Crippen LogP contribution in [0.5, 0.6) is 0 Å². The van der Waals surface area contributed by atoms with Crippen LogP contribution in [0, 0.1) is 29.6 Å². The standard InChI is InChI=1S/C20H30FIO/c1-12(2)9-18-15(11-23)10-17(13-3-4-13)19(20(18)22)14-5-7-16(21)8-6-14/h5,10,12-13,16-20,23H,3-4,6-9,11H2,1-2H3/t16-,17+,18+,19?,20+/m0/s1. The Morgan fingerprint density at radius 2 is 2.04 bits per heavy atom. The van der Waals surface area contributed by atoms with Crippen molar-refractivity contribution in [1.29, 1.82) is 0 Å². The summed E-state index contributed by atoms with van der Waals surface area (Å²) in [5, 5.41) is 9.91. The number of aliphatic hydroxyl groups excluding tert-OH is 1. The normalized spacial score (nSPS) is 38.4. The summed E-state index contributed by atoms with van der Waals surface area (Å²) >= 11 is 2.65. The first-order valence-corrected chi connectivity index (χ1v) is 10.5. The summed E-state index contributed by atoms with van der Waals surface area (Å²) < 4.78 is 14.1. The van der Waals surface area contributed by atoms with Gasteiger partial charge in [0.2, 0.25) is 0 Å². The maximum Gasteiger partial charge on any atom is 0.104 e. The highest BCUT2D eigenvalue weighted by atomic mass is 127. The van der Waals surface area contributed by atoms with Crippen LogP contribution in [0.25, 0.3) is 0 Å². The van der Waals surface area contributed by atoms with Gasteiger partial charge in [0, 0.05) is 3.92 Å². The Labute approximate surface area is 153 Å². The molecule has 0 aromatic carbocycles. The van der Waals surface area contributed by atoms with Gasteiger partial charge in [0.15, 0.2) is 0 Å². The fourth-order valence-electron chi connectivity index (χ4n) is 4.59. The molecule has 0 heterocycles. The van der Waals surface area contributed by atoms with E-state index in [0.717, 1.165) is 18.8 Å². The molecule has 0 radical (unpaired) electrons. The number of rotatable bonds is 5. The van der Waals surface area contributed by atoms with Gasteiger partial charge in [0.1, 0.15) is 6.17 Å². The second-order valence-electron chi connectivity index (χ2n) is 8.17. The number of hydrogen-bond donors (Lipinski definition) is 1. The molecule has 0 aromatic rings. The van der Waals surface area contributed by atoms with E-state index in [1.54, 1.807) is 0 Å². The Kier molecular flexibility index (Phi) is 5.88. The molecule has 3 aliphatic rings. The molecule has 130 valence electrons. The molecule has 3 heteroatoms. The van der Waals surface area contributed by atoms with Crippen molar-refractivity contribution in [2.75, 3.05) is 6.61 Å². The van der Waals surface area contributed by atoms with Crippen LogP contribution < -0.4 is 0 Å². The predicted molar refractivity (Wildman–Crippen MR) is 102 cm³/mol. The zero-order valence-corrected chi connectivity index (χ0v) is 16.5. The van der Waals surface area contributed by atoms with Gasteiger partial charge >= 0.3 is 0 Å². The molecule has 1 unspecified atom stereocenters. The molecule has 0 aromatic heterocycles. The number of alkyl halides is 2. The zero-order valence-electron chi connectivity index (χ0n) is 14.3.